The van der Waals surface area contributed by atoms with Crippen LogP contribution in [0.1, 0.15) is 28.3 Å². The third-order valence-corrected chi connectivity index (χ3v) is 6.12. The zero-order chi connectivity index (χ0) is 18.0. The molecule has 0 radical (unpaired) electrons. The first-order valence-electron chi connectivity index (χ1n) is 8.09. The molecule has 1 saturated heterocycles. The highest BCUT2D eigenvalue weighted by molar-refractivity contribution is 7.91. The average molecular weight is 363 g/mol. The summed E-state index contributed by atoms with van der Waals surface area (Å²) in [5.74, 6) is 1.96. The van der Waals surface area contributed by atoms with E-state index in [9.17, 15) is 13.2 Å². The molecule has 0 N–H and O–H groups in total. The van der Waals surface area contributed by atoms with Crippen molar-refractivity contribution in [1.82, 2.24) is 4.90 Å². The Morgan fingerprint density at radius 2 is 1.96 bits per heavy atom. The summed E-state index contributed by atoms with van der Waals surface area (Å²) >= 11 is 0. The average Bonchev–Trinajstić information content (AvgIpc) is 3.17. The van der Waals surface area contributed by atoms with Gasteiger partial charge in [0.1, 0.15) is 17.3 Å². The lowest BCUT2D eigenvalue weighted by Crippen LogP contribution is -2.40. The SMILES string of the molecule is COc1ccc(C(=O)N(Cc2ccc(C)o2)[C@H]2CCS(=O)(=O)C2)cc1. The summed E-state index contributed by atoms with van der Waals surface area (Å²) in [6, 6.07) is 10.1. The molecule has 25 heavy (non-hydrogen) atoms. The number of hydrogen-bond donors (Lipinski definition) is 0. The summed E-state index contributed by atoms with van der Waals surface area (Å²) in [4.78, 5) is 14.6. The van der Waals surface area contributed by atoms with Gasteiger partial charge in [0, 0.05) is 11.6 Å². The number of aryl methyl sites for hydroxylation is 1. The Labute approximate surface area is 147 Å². The second-order valence-corrected chi connectivity index (χ2v) is 8.46. The maximum atomic E-state index is 13.0. The zero-order valence-electron chi connectivity index (χ0n) is 14.3. The Balaban J connectivity index is 1.87. The zero-order valence-corrected chi connectivity index (χ0v) is 15.1. The molecule has 1 fully saturated rings. The van der Waals surface area contributed by atoms with Crippen LogP contribution in [0, 0.1) is 6.92 Å². The summed E-state index contributed by atoms with van der Waals surface area (Å²) in [7, 11) is -1.54. The lowest BCUT2D eigenvalue weighted by molar-refractivity contribution is 0.0665. The van der Waals surface area contributed by atoms with Crippen molar-refractivity contribution in [2.45, 2.75) is 25.9 Å². The molecule has 1 amide bonds. The van der Waals surface area contributed by atoms with Crippen LogP contribution in [0.25, 0.3) is 0 Å². The summed E-state index contributed by atoms with van der Waals surface area (Å²) in [6.45, 7) is 2.08. The van der Waals surface area contributed by atoms with Gasteiger partial charge in [0.15, 0.2) is 9.84 Å². The topological polar surface area (TPSA) is 76.8 Å². The van der Waals surface area contributed by atoms with Crippen molar-refractivity contribution in [3.8, 4) is 5.75 Å². The molecule has 0 unspecified atom stereocenters. The quantitative estimate of drug-likeness (QED) is 0.815. The van der Waals surface area contributed by atoms with Crippen molar-refractivity contribution in [3.05, 3.63) is 53.5 Å². The van der Waals surface area contributed by atoms with Crippen LogP contribution in [-0.4, -0.2) is 43.9 Å². The Morgan fingerprint density at radius 3 is 2.48 bits per heavy atom. The Kier molecular flexibility index (Phi) is 4.85. The fourth-order valence-electron chi connectivity index (χ4n) is 3.03. The van der Waals surface area contributed by atoms with Crippen molar-refractivity contribution in [2.75, 3.05) is 18.6 Å². The number of hydrogen-bond acceptors (Lipinski definition) is 5. The Morgan fingerprint density at radius 1 is 1.24 bits per heavy atom. The van der Waals surface area contributed by atoms with Crippen molar-refractivity contribution in [3.63, 3.8) is 0 Å². The molecule has 2 aromatic rings. The minimum absolute atomic E-state index is 0.00537. The summed E-state index contributed by atoms with van der Waals surface area (Å²) < 4.78 is 34.4. The van der Waals surface area contributed by atoms with Gasteiger partial charge in [0.05, 0.1) is 25.2 Å². The first-order chi connectivity index (χ1) is 11.9. The van der Waals surface area contributed by atoms with E-state index < -0.39 is 9.84 Å². The van der Waals surface area contributed by atoms with Gasteiger partial charge in [0.25, 0.3) is 5.91 Å². The Hall–Kier alpha value is -2.28. The molecular formula is C18H21NO5S. The number of benzene rings is 1. The number of sulfone groups is 1. The van der Waals surface area contributed by atoms with Crippen LogP contribution < -0.4 is 4.74 Å². The van der Waals surface area contributed by atoms with E-state index in [1.165, 1.54) is 0 Å². The van der Waals surface area contributed by atoms with Gasteiger partial charge in [-0.15, -0.1) is 0 Å². The number of methoxy groups -OCH3 is 1. The van der Waals surface area contributed by atoms with E-state index in [-0.39, 0.29) is 30.0 Å². The maximum absolute atomic E-state index is 13.0. The second-order valence-electron chi connectivity index (χ2n) is 6.23. The molecule has 7 heteroatoms. The molecule has 1 atom stereocenters. The molecule has 134 valence electrons. The second kappa shape index (κ2) is 6.92. The normalized spacial score (nSPS) is 18.9. The van der Waals surface area contributed by atoms with Gasteiger partial charge in [-0.2, -0.15) is 0 Å². The predicted molar refractivity (Wildman–Crippen MR) is 93.4 cm³/mol. The van der Waals surface area contributed by atoms with Gasteiger partial charge in [-0.25, -0.2) is 8.42 Å². The van der Waals surface area contributed by atoms with Crippen LogP contribution in [0.4, 0.5) is 0 Å². The van der Waals surface area contributed by atoms with Crippen LogP contribution in [0.2, 0.25) is 0 Å². The van der Waals surface area contributed by atoms with Crippen LogP contribution in [0.5, 0.6) is 5.75 Å². The molecule has 2 heterocycles. The monoisotopic (exact) mass is 363 g/mol. The number of amides is 1. The van der Waals surface area contributed by atoms with Crippen LogP contribution in [0.15, 0.2) is 40.8 Å². The molecule has 6 nitrogen and oxygen atoms in total. The molecule has 0 saturated carbocycles. The fourth-order valence-corrected chi connectivity index (χ4v) is 4.76. The van der Waals surface area contributed by atoms with E-state index in [4.69, 9.17) is 9.15 Å². The lowest BCUT2D eigenvalue weighted by Gasteiger charge is -2.27. The number of rotatable bonds is 5. The summed E-state index contributed by atoms with van der Waals surface area (Å²) in [6.07, 6.45) is 0.448. The minimum Gasteiger partial charge on any atom is -0.497 e. The number of carbonyl (C=O) groups is 1. The lowest BCUT2D eigenvalue weighted by atomic mass is 10.1. The standard InChI is InChI=1S/C18H21NO5S/c1-13-3-6-17(24-13)11-19(15-9-10-25(21,22)12-15)18(20)14-4-7-16(23-2)8-5-14/h3-8,15H,9-12H2,1-2H3/t15-/m0/s1. The number of furan rings is 1. The highest BCUT2D eigenvalue weighted by Crippen LogP contribution is 2.24. The number of carbonyl (C=O) groups excluding carboxylic acids is 1. The van der Waals surface area contributed by atoms with Gasteiger partial charge >= 0.3 is 0 Å². The minimum atomic E-state index is -3.10. The maximum Gasteiger partial charge on any atom is 0.254 e. The van der Waals surface area contributed by atoms with Crippen LogP contribution >= 0.6 is 0 Å². The molecule has 0 aliphatic carbocycles. The fraction of sp³-hybridized carbons (Fsp3) is 0.389. The van der Waals surface area contributed by atoms with Crippen LogP contribution in [0.3, 0.4) is 0 Å². The molecule has 1 aromatic carbocycles. The summed E-state index contributed by atoms with van der Waals surface area (Å²) in [5, 5.41) is 0. The molecular weight excluding hydrogens is 342 g/mol. The van der Waals surface area contributed by atoms with Crippen LogP contribution in [-0.2, 0) is 16.4 Å². The highest BCUT2D eigenvalue weighted by Gasteiger charge is 2.35. The molecule has 1 aliphatic rings. The van der Waals surface area contributed by atoms with Gasteiger partial charge in [-0.1, -0.05) is 0 Å². The third-order valence-electron chi connectivity index (χ3n) is 4.37. The summed E-state index contributed by atoms with van der Waals surface area (Å²) in [5.41, 5.74) is 0.494. The Bertz CT molecular complexity index is 854. The molecule has 0 bridgehead atoms. The highest BCUT2D eigenvalue weighted by atomic mass is 32.2. The first-order valence-corrected chi connectivity index (χ1v) is 9.91. The first kappa shape index (κ1) is 17.5. The van der Waals surface area contributed by atoms with E-state index in [0.717, 1.165) is 5.76 Å². The predicted octanol–water partition coefficient (Wildman–Crippen LogP) is 2.43. The van der Waals surface area contributed by atoms with E-state index >= 15 is 0 Å². The van der Waals surface area contributed by atoms with Crippen molar-refractivity contribution in [1.29, 1.82) is 0 Å². The van der Waals surface area contributed by atoms with Gasteiger partial charge in [-0.05, 0) is 49.7 Å². The van der Waals surface area contributed by atoms with Crippen molar-refractivity contribution in [2.24, 2.45) is 0 Å². The van der Waals surface area contributed by atoms with E-state index in [0.29, 0.717) is 23.5 Å². The van der Waals surface area contributed by atoms with E-state index in [1.54, 1.807) is 36.3 Å². The smallest absolute Gasteiger partial charge is 0.254 e. The largest absolute Gasteiger partial charge is 0.497 e. The molecule has 1 aromatic heterocycles. The van der Waals surface area contributed by atoms with Gasteiger partial charge < -0.3 is 14.1 Å². The van der Waals surface area contributed by atoms with Gasteiger partial charge in [-0.3, -0.25) is 4.79 Å². The van der Waals surface area contributed by atoms with Gasteiger partial charge in [0.2, 0.25) is 0 Å². The molecule has 1 aliphatic heterocycles. The van der Waals surface area contributed by atoms with Crippen molar-refractivity contribution >= 4 is 15.7 Å². The van der Waals surface area contributed by atoms with E-state index in [2.05, 4.69) is 0 Å². The van der Waals surface area contributed by atoms with Crippen molar-refractivity contribution < 1.29 is 22.4 Å². The third kappa shape index (κ3) is 4.04. The molecule has 0 spiro atoms. The molecule has 3 rings (SSSR count). The number of nitrogens with zero attached hydrogens (tertiary/aromatic N) is 1. The van der Waals surface area contributed by atoms with E-state index in [1.807, 2.05) is 19.1 Å². The number of ether oxygens (including phenoxy) is 1.